The van der Waals surface area contributed by atoms with E-state index < -0.39 is 11.9 Å². The maximum Gasteiger partial charge on any atom is 0.317 e. The maximum atomic E-state index is 10.6. The number of hydrogen-bond acceptors (Lipinski definition) is 6. The third-order valence-electron chi connectivity index (χ3n) is 2.28. The molecule has 0 aliphatic rings. The van der Waals surface area contributed by atoms with E-state index in [0.717, 1.165) is 0 Å². The fourth-order valence-electron chi connectivity index (χ4n) is 1.50. The maximum absolute atomic E-state index is 10.6. The van der Waals surface area contributed by atoms with Gasteiger partial charge in [-0.2, -0.15) is 0 Å². The number of carbonyl (C=O) groups is 2. The molecule has 4 N–H and O–H groups in total. The third kappa shape index (κ3) is 13.8. The SMILES string of the molecule is Cl.Cl.O=C(O)CN(CCN(CCO)CCO)CC(=O)O. The first-order valence-corrected chi connectivity index (χ1v) is 5.59. The average Bonchev–Trinajstić information content (AvgIpc) is 2.24. The number of hydrogen-bond donors (Lipinski definition) is 4. The Morgan fingerprint density at radius 1 is 0.700 bits per heavy atom. The zero-order valence-corrected chi connectivity index (χ0v) is 12.6. The third-order valence-corrected chi connectivity index (χ3v) is 2.28. The Labute approximate surface area is 129 Å². The molecule has 0 heterocycles. The fraction of sp³-hybridized carbons (Fsp3) is 0.800. The Morgan fingerprint density at radius 3 is 1.35 bits per heavy atom. The second kappa shape index (κ2) is 14.8. The first-order chi connectivity index (χ1) is 8.49. The Bertz CT molecular complexity index is 248. The van der Waals surface area contributed by atoms with Gasteiger partial charge in [-0.15, -0.1) is 24.8 Å². The number of halogens is 2. The van der Waals surface area contributed by atoms with Crippen LogP contribution in [-0.2, 0) is 9.59 Å². The predicted octanol–water partition coefficient (Wildman–Crippen LogP) is -1.41. The van der Waals surface area contributed by atoms with Gasteiger partial charge in [0.05, 0.1) is 26.3 Å². The van der Waals surface area contributed by atoms with Crippen LogP contribution >= 0.6 is 24.8 Å². The summed E-state index contributed by atoms with van der Waals surface area (Å²) >= 11 is 0. The highest BCUT2D eigenvalue weighted by molar-refractivity contribution is 5.85. The summed E-state index contributed by atoms with van der Waals surface area (Å²) in [4.78, 5) is 24.1. The molecule has 0 saturated carbocycles. The van der Waals surface area contributed by atoms with Crippen molar-refractivity contribution in [3.8, 4) is 0 Å². The van der Waals surface area contributed by atoms with E-state index in [2.05, 4.69) is 0 Å². The number of aliphatic hydroxyl groups excluding tert-OH is 2. The molecule has 0 spiro atoms. The Kier molecular flexibility index (Phi) is 18.0. The molecular weight excluding hydrogens is 315 g/mol. The van der Waals surface area contributed by atoms with Gasteiger partial charge in [-0.1, -0.05) is 0 Å². The number of aliphatic hydroxyl groups is 2. The van der Waals surface area contributed by atoms with Gasteiger partial charge in [-0.25, -0.2) is 0 Å². The summed E-state index contributed by atoms with van der Waals surface area (Å²) in [5.74, 6) is -2.18. The Balaban J connectivity index is -0.00000144. The van der Waals surface area contributed by atoms with Crippen LogP contribution in [0.5, 0.6) is 0 Å². The van der Waals surface area contributed by atoms with Crippen molar-refractivity contribution in [2.24, 2.45) is 0 Å². The van der Waals surface area contributed by atoms with Crippen LogP contribution < -0.4 is 0 Å². The van der Waals surface area contributed by atoms with Gasteiger partial charge in [0.1, 0.15) is 0 Å². The molecule has 122 valence electrons. The van der Waals surface area contributed by atoms with Crippen molar-refractivity contribution in [2.75, 3.05) is 52.5 Å². The van der Waals surface area contributed by atoms with E-state index in [-0.39, 0.29) is 57.7 Å². The first kappa shape index (κ1) is 24.4. The molecule has 0 fully saturated rings. The summed E-state index contributed by atoms with van der Waals surface area (Å²) in [6.07, 6.45) is 0. The lowest BCUT2D eigenvalue weighted by molar-refractivity contribution is -0.141. The molecule has 0 aromatic rings. The molecule has 20 heavy (non-hydrogen) atoms. The van der Waals surface area contributed by atoms with Gasteiger partial charge in [0.15, 0.2) is 0 Å². The summed E-state index contributed by atoms with van der Waals surface area (Å²) in [6, 6.07) is 0. The molecule has 0 aliphatic carbocycles. The van der Waals surface area contributed by atoms with Crippen molar-refractivity contribution < 1.29 is 30.0 Å². The molecular formula is C10H22Cl2N2O6. The lowest BCUT2D eigenvalue weighted by Crippen LogP contribution is -2.41. The number of carboxylic acid groups (broad SMARTS) is 2. The predicted molar refractivity (Wildman–Crippen MR) is 76.8 cm³/mol. The van der Waals surface area contributed by atoms with E-state index >= 15 is 0 Å². The van der Waals surface area contributed by atoms with Crippen LogP contribution in [0.15, 0.2) is 0 Å². The van der Waals surface area contributed by atoms with Crippen molar-refractivity contribution in [3.63, 3.8) is 0 Å². The van der Waals surface area contributed by atoms with E-state index in [1.165, 1.54) is 4.90 Å². The zero-order chi connectivity index (χ0) is 14.0. The molecule has 10 heteroatoms. The molecule has 0 bridgehead atoms. The topological polar surface area (TPSA) is 122 Å². The number of nitrogens with zero attached hydrogens (tertiary/aromatic N) is 2. The van der Waals surface area contributed by atoms with Crippen molar-refractivity contribution in [1.29, 1.82) is 0 Å². The van der Waals surface area contributed by atoms with Gasteiger partial charge in [0, 0.05) is 26.2 Å². The van der Waals surface area contributed by atoms with Crippen LogP contribution in [0.1, 0.15) is 0 Å². The van der Waals surface area contributed by atoms with Crippen molar-refractivity contribution in [3.05, 3.63) is 0 Å². The second-order valence-electron chi connectivity index (χ2n) is 3.79. The molecule has 0 radical (unpaired) electrons. The highest BCUT2D eigenvalue weighted by Crippen LogP contribution is 1.93. The van der Waals surface area contributed by atoms with E-state index in [1.807, 2.05) is 0 Å². The molecule has 0 unspecified atom stereocenters. The standard InChI is InChI=1S/C10H20N2O6.2ClH/c13-5-3-11(4-6-14)1-2-12(7-9(15)16)8-10(17)18;;/h13-14H,1-8H2,(H,15,16)(H,17,18);2*1H. The van der Waals surface area contributed by atoms with Crippen LogP contribution in [0.4, 0.5) is 0 Å². The molecule has 0 aromatic heterocycles. The van der Waals surface area contributed by atoms with Crippen LogP contribution in [0.2, 0.25) is 0 Å². The van der Waals surface area contributed by atoms with Gasteiger partial charge in [-0.05, 0) is 0 Å². The summed E-state index contributed by atoms with van der Waals surface area (Å²) in [5.41, 5.74) is 0. The smallest absolute Gasteiger partial charge is 0.317 e. The monoisotopic (exact) mass is 336 g/mol. The van der Waals surface area contributed by atoms with Crippen LogP contribution in [0.25, 0.3) is 0 Å². The van der Waals surface area contributed by atoms with Crippen LogP contribution in [-0.4, -0.2) is 94.6 Å². The zero-order valence-electron chi connectivity index (χ0n) is 11.0. The quantitative estimate of drug-likeness (QED) is 0.363. The number of aliphatic carboxylic acids is 2. The number of rotatable bonds is 11. The largest absolute Gasteiger partial charge is 0.480 e. The molecule has 0 rings (SSSR count). The van der Waals surface area contributed by atoms with Crippen LogP contribution in [0.3, 0.4) is 0 Å². The fourth-order valence-corrected chi connectivity index (χ4v) is 1.50. The highest BCUT2D eigenvalue weighted by atomic mass is 35.5. The van der Waals surface area contributed by atoms with Crippen molar-refractivity contribution in [2.45, 2.75) is 0 Å². The minimum atomic E-state index is -1.09. The molecule has 0 amide bonds. The Morgan fingerprint density at radius 2 is 1.05 bits per heavy atom. The van der Waals surface area contributed by atoms with E-state index in [0.29, 0.717) is 19.6 Å². The second-order valence-corrected chi connectivity index (χ2v) is 3.79. The van der Waals surface area contributed by atoms with Crippen molar-refractivity contribution >= 4 is 36.8 Å². The molecule has 0 atom stereocenters. The summed E-state index contributed by atoms with van der Waals surface area (Å²) in [7, 11) is 0. The summed E-state index contributed by atoms with van der Waals surface area (Å²) in [5, 5.41) is 34.9. The normalized spacial score (nSPS) is 10.0. The van der Waals surface area contributed by atoms with Gasteiger partial charge >= 0.3 is 11.9 Å². The van der Waals surface area contributed by atoms with E-state index in [9.17, 15) is 9.59 Å². The lowest BCUT2D eigenvalue weighted by atomic mass is 10.4. The summed E-state index contributed by atoms with van der Waals surface area (Å²) in [6.45, 7) is 0.510. The van der Waals surface area contributed by atoms with Gasteiger partial charge in [-0.3, -0.25) is 19.4 Å². The molecule has 0 aromatic carbocycles. The van der Waals surface area contributed by atoms with E-state index in [4.69, 9.17) is 20.4 Å². The van der Waals surface area contributed by atoms with Crippen molar-refractivity contribution in [1.82, 2.24) is 9.80 Å². The highest BCUT2D eigenvalue weighted by Gasteiger charge is 2.14. The lowest BCUT2D eigenvalue weighted by Gasteiger charge is -2.24. The minimum absolute atomic E-state index is 0. The summed E-state index contributed by atoms with van der Waals surface area (Å²) < 4.78 is 0. The minimum Gasteiger partial charge on any atom is -0.480 e. The Hall–Kier alpha value is -0.640. The van der Waals surface area contributed by atoms with Gasteiger partial charge in [0.2, 0.25) is 0 Å². The molecule has 8 nitrogen and oxygen atoms in total. The first-order valence-electron chi connectivity index (χ1n) is 5.59. The van der Waals surface area contributed by atoms with Gasteiger partial charge < -0.3 is 20.4 Å². The molecule has 0 aliphatic heterocycles. The average molecular weight is 337 g/mol. The number of carboxylic acids is 2. The molecule has 0 saturated heterocycles. The van der Waals surface area contributed by atoms with Gasteiger partial charge in [0.25, 0.3) is 0 Å². The van der Waals surface area contributed by atoms with Crippen LogP contribution in [0, 0.1) is 0 Å². The van der Waals surface area contributed by atoms with E-state index in [1.54, 1.807) is 4.90 Å².